The summed E-state index contributed by atoms with van der Waals surface area (Å²) in [5.74, 6) is -0.202. The second kappa shape index (κ2) is 6.48. The maximum atomic E-state index is 12.9. The van der Waals surface area contributed by atoms with Crippen LogP contribution in [0.5, 0.6) is 0 Å². The van der Waals surface area contributed by atoms with E-state index in [2.05, 4.69) is 21.3 Å². The number of hydrogen-bond acceptors (Lipinski definition) is 3. The van der Waals surface area contributed by atoms with Gasteiger partial charge in [-0.05, 0) is 37.7 Å². The predicted octanol–water partition coefficient (Wildman–Crippen LogP) is 2.88. The van der Waals surface area contributed by atoms with Gasteiger partial charge in [-0.25, -0.2) is 4.39 Å². The summed E-state index contributed by atoms with van der Waals surface area (Å²) in [6.45, 7) is 3.50. The number of aryl methyl sites for hydroxylation is 1. The van der Waals surface area contributed by atoms with Crippen molar-refractivity contribution in [1.29, 1.82) is 0 Å². The number of hydrogen-bond donors (Lipinski definition) is 1. The number of halogens is 1. The van der Waals surface area contributed by atoms with Gasteiger partial charge in [-0.2, -0.15) is 0 Å². The molecular weight excluding hydrogens is 253 g/mol. The molecule has 0 spiro atoms. The van der Waals surface area contributed by atoms with E-state index in [1.807, 2.05) is 39.3 Å². The maximum absolute atomic E-state index is 12.9. The number of benzene rings is 1. The molecule has 0 aliphatic carbocycles. The third-order valence-electron chi connectivity index (χ3n) is 3.21. The number of aromatic nitrogens is 1. The van der Waals surface area contributed by atoms with Gasteiger partial charge in [0.1, 0.15) is 5.82 Å². The lowest BCUT2D eigenvalue weighted by Crippen LogP contribution is -2.20. The average molecular weight is 273 g/mol. The number of nitrogens with zero attached hydrogens (tertiary/aromatic N) is 2. The SMILES string of the molecule is CNCc1cnc(C)cc1N(C)Cc1ccc(F)cc1. The Morgan fingerprint density at radius 2 is 1.95 bits per heavy atom. The molecule has 0 atom stereocenters. The molecule has 20 heavy (non-hydrogen) atoms. The van der Waals surface area contributed by atoms with Crippen LogP contribution in [0.2, 0.25) is 0 Å². The average Bonchev–Trinajstić information content (AvgIpc) is 2.43. The van der Waals surface area contributed by atoms with E-state index in [4.69, 9.17) is 0 Å². The molecule has 4 heteroatoms. The second-order valence-electron chi connectivity index (χ2n) is 4.97. The molecule has 0 unspecified atom stereocenters. The van der Waals surface area contributed by atoms with Crippen LogP contribution in [-0.2, 0) is 13.1 Å². The summed E-state index contributed by atoms with van der Waals surface area (Å²) in [7, 11) is 3.96. The highest BCUT2D eigenvalue weighted by Crippen LogP contribution is 2.21. The van der Waals surface area contributed by atoms with Crippen molar-refractivity contribution in [3.8, 4) is 0 Å². The molecule has 2 aromatic rings. The first kappa shape index (κ1) is 14.5. The quantitative estimate of drug-likeness (QED) is 0.908. The van der Waals surface area contributed by atoms with Crippen molar-refractivity contribution < 1.29 is 4.39 Å². The third-order valence-corrected chi connectivity index (χ3v) is 3.21. The largest absolute Gasteiger partial charge is 0.370 e. The molecule has 106 valence electrons. The van der Waals surface area contributed by atoms with Gasteiger partial charge >= 0.3 is 0 Å². The van der Waals surface area contributed by atoms with Gasteiger partial charge in [0, 0.05) is 43.3 Å². The van der Waals surface area contributed by atoms with Crippen LogP contribution in [0.15, 0.2) is 36.5 Å². The van der Waals surface area contributed by atoms with Crippen molar-refractivity contribution in [2.45, 2.75) is 20.0 Å². The summed E-state index contributed by atoms with van der Waals surface area (Å²) in [6.07, 6.45) is 1.91. The molecule has 0 bridgehead atoms. The zero-order valence-electron chi connectivity index (χ0n) is 12.2. The van der Waals surface area contributed by atoms with E-state index in [1.54, 1.807) is 0 Å². The van der Waals surface area contributed by atoms with Crippen LogP contribution in [0.4, 0.5) is 10.1 Å². The third kappa shape index (κ3) is 3.54. The molecule has 1 aromatic heterocycles. The summed E-state index contributed by atoms with van der Waals surface area (Å²) in [6, 6.07) is 8.70. The highest BCUT2D eigenvalue weighted by molar-refractivity contribution is 5.53. The highest BCUT2D eigenvalue weighted by Gasteiger charge is 2.09. The lowest BCUT2D eigenvalue weighted by atomic mass is 10.1. The Morgan fingerprint density at radius 1 is 1.25 bits per heavy atom. The normalized spacial score (nSPS) is 10.6. The summed E-state index contributed by atoms with van der Waals surface area (Å²) in [4.78, 5) is 6.50. The molecule has 0 saturated carbocycles. The molecule has 0 fully saturated rings. The second-order valence-corrected chi connectivity index (χ2v) is 4.97. The number of nitrogens with one attached hydrogen (secondary N) is 1. The van der Waals surface area contributed by atoms with Gasteiger partial charge in [0.25, 0.3) is 0 Å². The fourth-order valence-corrected chi connectivity index (χ4v) is 2.20. The molecule has 0 radical (unpaired) electrons. The van der Waals surface area contributed by atoms with E-state index in [-0.39, 0.29) is 5.82 Å². The molecule has 3 nitrogen and oxygen atoms in total. The lowest BCUT2D eigenvalue weighted by Gasteiger charge is -2.23. The van der Waals surface area contributed by atoms with Crippen LogP contribution < -0.4 is 10.2 Å². The van der Waals surface area contributed by atoms with Gasteiger partial charge in [0.2, 0.25) is 0 Å². The summed E-state index contributed by atoms with van der Waals surface area (Å²) >= 11 is 0. The van der Waals surface area contributed by atoms with Crippen LogP contribution in [0, 0.1) is 12.7 Å². The van der Waals surface area contributed by atoms with Crippen LogP contribution in [0.3, 0.4) is 0 Å². The van der Waals surface area contributed by atoms with Gasteiger partial charge in [-0.15, -0.1) is 0 Å². The minimum absolute atomic E-state index is 0.202. The van der Waals surface area contributed by atoms with Crippen molar-refractivity contribution >= 4 is 5.69 Å². The van der Waals surface area contributed by atoms with Crippen molar-refractivity contribution in [3.05, 3.63) is 59.2 Å². The zero-order chi connectivity index (χ0) is 14.5. The van der Waals surface area contributed by atoms with Gasteiger partial charge in [-0.1, -0.05) is 12.1 Å². The molecule has 0 amide bonds. The van der Waals surface area contributed by atoms with E-state index in [0.717, 1.165) is 35.6 Å². The molecule has 2 rings (SSSR count). The Balaban J connectivity index is 2.21. The minimum Gasteiger partial charge on any atom is -0.370 e. The van der Waals surface area contributed by atoms with Crippen molar-refractivity contribution in [3.63, 3.8) is 0 Å². The topological polar surface area (TPSA) is 28.2 Å². The molecule has 0 aliphatic heterocycles. The molecular formula is C16H20FN3. The number of pyridine rings is 1. The van der Waals surface area contributed by atoms with Gasteiger partial charge in [-0.3, -0.25) is 4.98 Å². The van der Waals surface area contributed by atoms with E-state index >= 15 is 0 Å². The number of rotatable bonds is 5. The Kier molecular flexibility index (Phi) is 4.69. The summed E-state index contributed by atoms with van der Waals surface area (Å²) < 4.78 is 12.9. The molecule has 1 aromatic carbocycles. The van der Waals surface area contributed by atoms with Crippen molar-refractivity contribution in [2.75, 3.05) is 19.0 Å². The van der Waals surface area contributed by atoms with E-state index in [9.17, 15) is 4.39 Å². The van der Waals surface area contributed by atoms with Crippen LogP contribution >= 0.6 is 0 Å². The Bertz CT molecular complexity index is 566. The number of anilines is 1. The Hall–Kier alpha value is -1.94. The van der Waals surface area contributed by atoms with Gasteiger partial charge in [0.05, 0.1) is 0 Å². The highest BCUT2D eigenvalue weighted by atomic mass is 19.1. The monoisotopic (exact) mass is 273 g/mol. The Labute approximate surface area is 119 Å². The van der Waals surface area contributed by atoms with Crippen molar-refractivity contribution in [1.82, 2.24) is 10.3 Å². The first-order valence-electron chi connectivity index (χ1n) is 6.66. The van der Waals surface area contributed by atoms with E-state index in [0.29, 0.717) is 0 Å². The summed E-state index contributed by atoms with van der Waals surface area (Å²) in [5, 5.41) is 3.15. The van der Waals surface area contributed by atoms with Gasteiger partial charge < -0.3 is 10.2 Å². The first-order valence-corrected chi connectivity index (χ1v) is 6.66. The van der Waals surface area contributed by atoms with Crippen LogP contribution in [-0.4, -0.2) is 19.1 Å². The minimum atomic E-state index is -0.202. The molecule has 0 aliphatic rings. The van der Waals surface area contributed by atoms with E-state index < -0.39 is 0 Å². The fraction of sp³-hybridized carbons (Fsp3) is 0.312. The zero-order valence-corrected chi connectivity index (χ0v) is 12.2. The maximum Gasteiger partial charge on any atom is 0.123 e. The van der Waals surface area contributed by atoms with Gasteiger partial charge in [0.15, 0.2) is 0 Å². The summed E-state index contributed by atoms with van der Waals surface area (Å²) in [5.41, 5.74) is 4.38. The standard InChI is InChI=1S/C16H20FN3/c1-12-8-16(14(9-18-2)10-19-12)20(3)11-13-4-6-15(17)7-5-13/h4-8,10,18H,9,11H2,1-3H3. The Morgan fingerprint density at radius 3 is 2.60 bits per heavy atom. The van der Waals surface area contributed by atoms with E-state index in [1.165, 1.54) is 12.1 Å². The smallest absolute Gasteiger partial charge is 0.123 e. The van der Waals surface area contributed by atoms with Crippen LogP contribution in [0.25, 0.3) is 0 Å². The molecule has 1 heterocycles. The molecule has 0 saturated heterocycles. The fourth-order valence-electron chi connectivity index (χ4n) is 2.20. The lowest BCUT2D eigenvalue weighted by molar-refractivity contribution is 0.627. The molecule has 1 N–H and O–H groups in total. The van der Waals surface area contributed by atoms with Crippen LogP contribution in [0.1, 0.15) is 16.8 Å². The predicted molar refractivity (Wildman–Crippen MR) is 80.2 cm³/mol. The van der Waals surface area contributed by atoms with Crippen molar-refractivity contribution in [2.24, 2.45) is 0 Å². The first-order chi connectivity index (χ1) is 9.60.